The summed E-state index contributed by atoms with van der Waals surface area (Å²) in [6, 6.07) is 13.0. The molecule has 0 bridgehead atoms. The smallest absolute Gasteiger partial charge is 0.253 e. The van der Waals surface area contributed by atoms with E-state index < -0.39 is 6.04 Å². The molecule has 3 aromatic rings. The number of hydrogen-bond donors (Lipinski definition) is 2. The minimum absolute atomic E-state index is 0.199. The second-order valence-corrected chi connectivity index (χ2v) is 8.88. The van der Waals surface area contributed by atoms with Crippen LogP contribution in [0.15, 0.2) is 54.9 Å². The van der Waals surface area contributed by atoms with Crippen LogP contribution < -0.4 is 15.5 Å². The summed E-state index contributed by atoms with van der Waals surface area (Å²) in [5.41, 5.74) is 5.08. The van der Waals surface area contributed by atoms with Crippen LogP contribution >= 0.6 is 0 Å². The predicted octanol–water partition coefficient (Wildman–Crippen LogP) is 4.63. The van der Waals surface area contributed by atoms with Crippen LogP contribution in [-0.4, -0.2) is 40.5 Å². The maximum atomic E-state index is 13.2. The zero-order chi connectivity index (χ0) is 24.1. The lowest BCUT2D eigenvalue weighted by Gasteiger charge is -2.20. The van der Waals surface area contributed by atoms with E-state index in [2.05, 4.69) is 26.6 Å². The van der Waals surface area contributed by atoms with E-state index in [1.165, 1.54) is 12.8 Å². The average molecular weight is 460 g/mol. The Kier molecular flexibility index (Phi) is 7.30. The molecule has 0 saturated carbocycles. The maximum absolute atomic E-state index is 13.2. The first-order valence-electron chi connectivity index (χ1n) is 12.0. The predicted molar refractivity (Wildman–Crippen MR) is 136 cm³/mol. The number of nitrogens with zero attached hydrogens (tertiary/aromatic N) is 3. The summed E-state index contributed by atoms with van der Waals surface area (Å²) in [6.07, 6.45) is 7.22. The molecule has 3 heterocycles. The molecule has 34 heavy (non-hydrogen) atoms. The Morgan fingerprint density at radius 2 is 1.82 bits per heavy atom. The van der Waals surface area contributed by atoms with Crippen LogP contribution in [0.3, 0.4) is 0 Å². The molecule has 1 aromatic carbocycles. The van der Waals surface area contributed by atoms with Crippen molar-refractivity contribution in [3.63, 3.8) is 0 Å². The van der Waals surface area contributed by atoms with E-state index >= 15 is 0 Å². The molecular formula is C27H33N5O2. The van der Waals surface area contributed by atoms with Gasteiger partial charge in [0.05, 0.1) is 17.4 Å². The topological polar surface area (TPSA) is 79.3 Å². The van der Waals surface area contributed by atoms with Crippen LogP contribution in [-0.2, 0) is 4.79 Å². The van der Waals surface area contributed by atoms with Gasteiger partial charge < -0.3 is 20.1 Å². The molecule has 0 radical (unpaired) electrons. The molecule has 1 fully saturated rings. The molecule has 1 unspecified atom stereocenters. The monoisotopic (exact) mass is 459 g/mol. The lowest BCUT2D eigenvalue weighted by Crippen LogP contribution is -2.43. The Hall–Kier alpha value is -3.61. The average Bonchev–Trinajstić information content (AvgIpc) is 3.47. The van der Waals surface area contributed by atoms with Gasteiger partial charge in [-0.05, 0) is 69.5 Å². The van der Waals surface area contributed by atoms with Crippen molar-refractivity contribution in [3.8, 4) is 5.69 Å². The fourth-order valence-corrected chi connectivity index (χ4v) is 4.65. The largest absolute Gasteiger partial charge is 0.371 e. The number of pyridine rings is 1. The van der Waals surface area contributed by atoms with Gasteiger partial charge in [0.1, 0.15) is 6.04 Å². The Bertz CT molecular complexity index is 1150. The SMILES string of the molecule is CCCC(NC(=O)c1cc(C)n(-c2cccnc2)c1C)C(=O)Nc1cccc(N2CCCC2)c1. The highest BCUT2D eigenvalue weighted by Crippen LogP contribution is 2.24. The van der Waals surface area contributed by atoms with Crippen molar-refractivity contribution in [1.82, 2.24) is 14.9 Å². The second-order valence-electron chi connectivity index (χ2n) is 8.88. The third kappa shape index (κ3) is 5.14. The van der Waals surface area contributed by atoms with Crippen LogP contribution in [0.1, 0.15) is 54.4 Å². The summed E-state index contributed by atoms with van der Waals surface area (Å²) in [7, 11) is 0. The summed E-state index contributed by atoms with van der Waals surface area (Å²) in [6.45, 7) is 7.97. The van der Waals surface area contributed by atoms with E-state index in [0.29, 0.717) is 12.0 Å². The third-order valence-electron chi connectivity index (χ3n) is 6.36. The molecule has 2 N–H and O–H groups in total. The lowest BCUT2D eigenvalue weighted by molar-refractivity contribution is -0.118. The van der Waals surface area contributed by atoms with Gasteiger partial charge in [-0.3, -0.25) is 14.6 Å². The number of amides is 2. The molecule has 2 aromatic heterocycles. The molecule has 7 nitrogen and oxygen atoms in total. The summed E-state index contributed by atoms with van der Waals surface area (Å²) in [5.74, 6) is -0.447. The quantitative estimate of drug-likeness (QED) is 0.515. The number of rotatable bonds is 8. The summed E-state index contributed by atoms with van der Waals surface area (Å²) < 4.78 is 2.00. The number of benzene rings is 1. The Morgan fingerprint density at radius 1 is 1.06 bits per heavy atom. The van der Waals surface area contributed by atoms with Crippen molar-refractivity contribution < 1.29 is 9.59 Å². The highest BCUT2D eigenvalue weighted by atomic mass is 16.2. The van der Waals surface area contributed by atoms with Gasteiger partial charge in [-0.25, -0.2) is 0 Å². The molecule has 1 aliphatic heterocycles. The highest BCUT2D eigenvalue weighted by Gasteiger charge is 2.24. The highest BCUT2D eigenvalue weighted by molar-refractivity contribution is 6.02. The first kappa shape index (κ1) is 23.5. The number of aromatic nitrogens is 2. The normalized spacial score (nSPS) is 14.1. The van der Waals surface area contributed by atoms with Gasteiger partial charge in [0.25, 0.3) is 5.91 Å². The van der Waals surface area contributed by atoms with Crippen molar-refractivity contribution in [2.45, 2.75) is 52.5 Å². The minimum atomic E-state index is -0.616. The van der Waals surface area contributed by atoms with E-state index in [1.807, 2.05) is 61.7 Å². The summed E-state index contributed by atoms with van der Waals surface area (Å²) in [5, 5.41) is 5.98. The number of hydrogen-bond acceptors (Lipinski definition) is 4. The molecular weight excluding hydrogens is 426 g/mol. The van der Waals surface area contributed by atoms with Crippen LogP contribution in [0.25, 0.3) is 5.69 Å². The van der Waals surface area contributed by atoms with Gasteiger partial charge in [-0.1, -0.05) is 19.4 Å². The van der Waals surface area contributed by atoms with Crippen LogP contribution in [0, 0.1) is 13.8 Å². The van der Waals surface area contributed by atoms with E-state index in [0.717, 1.165) is 48.0 Å². The number of anilines is 2. The third-order valence-corrected chi connectivity index (χ3v) is 6.36. The minimum Gasteiger partial charge on any atom is -0.371 e. The van der Waals surface area contributed by atoms with Crippen molar-refractivity contribution in [2.24, 2.45) is 0 Å². The molecule has 4 rings (SSSR count). The fraction of sp³-hybridized carbons (Fsp3) is 0.370. The maximum Gasteiger partial charge on any atom is 0.253 e. The summed E-state index contributed by atoms with van der Waals surface area (Å²) in [4.78, 5) is 32.9. The number of carbonyl (C=O) groups excluding carboxylic acids is 2. The van der Waals surface area contributed by atoms with Crippen molar-refractivity contribution in [2.75, 3.05) is 23.3 Å². The summed E-state index contributed by atoms with van der Waals surface area (Å²) >= 11 is 0. The molecule has 2 amide bonds. The Balaban J connectivity index is 1.48. The molecule has 0 aliphatic carbocycles. The van der Waals surface area contributed by atoms with E-state index in [-0.39, 0.29) is 11.8 Å². The molecule has 7 heteroatoms. The molecule has 1 atom stereocenters. The van der Waals surface area contributed by atoms with Gasteiger partial charge in [0.2, 0.25) is 5.91 Å². The van der Waals surface area contributed by atoms with Crippen LogP contribution in [0.2, 0.25) is 0 Å². The van der Waals surface area contributed by atoms with Gasteiger partial charge in [-0.15, -0.1) is 0 Å². The van der Waals surface area contributed by atoms with Crippen molar-refractivity contribution in [3.05, 3.63) is 71.8 Å². The fourth-order valence-electron chi connectivity index (χ4n) is 4.65. The van der Waals surface area contributed by atoms with Crippen LogP contribution in [0.4, 0.5) is 11.4 Å². The van der Waals surface area contributed by atoms with Crippen LogP contribution in [0.5, 0.6) is 0 Å². The van der Waals surface area contributed by atoms with Gasteiger partial charge >= 0.3 is 0 Å². The van der Waals surface area contributed by atoms with E-state index in [9.17, 15) is 9.59 Å². The van der Waals surface area contributed by atoms with Crippen molar-refractivity contribution >= 4 is 23.2 Å². The van der Waals surface area contributed by atoms with Gasteiger partial charge in [-0.2, -0.15) is 0 Å². The lowest BCUT2D eigenvalue weighted by atomic mass is 10.1. The molecule has 1 aliphatic rings. The van der Waals surface area contributed by atoms with E-state index in [1.54, 1.807) is 12.4 Å². The van der Waals surface area contributed by atoms with Gasteiger partial charge in [0.15, 0.2) is 0 Å². The first-order valence-corrected chi connectivity index (χ1v) is 12.0. The van der Waals surface area contributed by atoms with Gasteiger partial charge in [0, 0.05) is 42.0 Å². The molecule has 0 spiro atoms. The van der Waals surface area contributed by atoms with Crippen molar-refractivity contribution in [1.29, 1.82) is 0 Å². The van der Waals surface area contributed by atoms with E-state index in [4.69, 9.17) is 0 Å². The zero-order valence-corrected chi connectivity index (χ0v) is 20.2. The Labute approximate surface area is 201 Å². The number of carbonyl (C=O) groups is 2. The first-order chi connectivity index (χ1) is 16.5. The zero-order valence-electron chi connectivity index (χ0n) is 20.2. The number of nitrogens with one attached hydrogen (secondary N) is 2. The Morgan fingerprint density at radius 3 is 2.53 bits per heavy atom. The standard InChI is InChI=1S/C27H33N5O2/c1-4-9-25(27(34)29-21-10-7-11-22(17-21)31-14-5-6-15-31)30-26(33)24-16-19(2)32(20(24)3)23-12-8-13-28-18-23/h7-8,10-13,16-18,25H,4-6,9,14-15H2,1-3H3,(H,29,34)(H,30,33). The molecule has 1 saturated heterocycles. The second kappa shape index (κ2) is 10.5. The molecule has 178 valence electrons. The number of aryl methyl sites for hydroxylation is 1.